The van der Waals surface area contributed by atoms with Crippen LogP contribution in [0.5, 0.6) is 0 Å². The van der Waals surface area contributed by atoms with E-state index >= 15 is 0 Å². The van der Waals surface area contributed by atoms with Gasteiger partial charge >= 0.3 is 0 Å². The Hall–Kier alpha value is -1.74. The van der Waals surface area contributed by atoms with E-state index in [1.165, 1.54) is 0 Å². The van der Waals surface area contributed by atoms with Gasteiger partial charge in [-0.3, -0.25) is 4.79 Å². The SMILES string of the molecule is Cc1cc(Cl)ccc1NC(=O)c1c(C)coc1C. The first-order valence-electron chi connectivity index (χ1n) is 5.61. The van der Waals surface area contributed by atoms with E-state index in [1.54, 1.807) is 25.3 Å². The lowest BCUT2D eigenvalue weighted by molar-refractivity contribution is 0.102. The zero-order chi connectivity index (χ0) is 13.3. The predicted molar refractivity (Wildman–Crippen MR) is 72.3 cm³/mol. The van der Waals surface area contributed by atoms with Crippen LogP contribution in [-0.4, -0.2) is 5.91 Å². The Morgan fingerprint density at radius 2 is 1.94 bits per heavy atom. The minimum absolute atomic E-state index is 0.163. The highest BCUT2D eigenvalue weighted by molar-refractivity contribution is 6.30. The summed E-state index contributed by atoms with van der Waals surface area (Å²) >= 11 is 5.88. The molecule has 0 aliphatic heterocycles. The molecule has 0 spiro atoms. The van der Waals surface area contributed by atoms with E-state index < -0.39 is 0 Å². The second-order valence-corrected chi connectivity index (χ2v) is 4.70. The monoisotopic (exact) mass is 263 g/mol. The van der Waals surface area contributed by atoms with Gasteiger partial charge in [0.1, 0.15) is 5.76 Å². The molecule has 0 atom stereocenters. The summed E-state index contributed by atoms with van der Waals surface area (Å²) in [6.45, 7) is 5.52. The van der Waals surface area contributed by atoms with Crippen LogP contribution in [0.3, 0.4) is 0 Å². The molecule has 0 bridgehead atoms. The fourth-order valence-corrected chi connectivity index (χ4v) is 2.09. The number of nitrogens with one attached hydrogen (secondary N) is 1. The molecular formula is C14H14ClNO2. The lowest BCUT2D eigenvalue weighted by Gasteiger charge is -2.08. The number of hydrogen-bond donors (Lipinski definition) is 1. The van der Waals surface area contributed by atoms with Gasteiger partial charge in [-0.1, -0.05) is 11.6 Å². The molecule has 0 fully saturated rings. The first kappa shape index (κ1) is 12.7. The van der Waals surface area contributed by atoms with Crippen molar-refractivity contribution in [2.24, 2.45) is 0 Å². The Balaban J connectivity index is 2.27. The van der Waals surface area contributed by atoms with Crippen molar-refractivity contribution in [1.82, 2.24) is 0 Å². The Morgan fingerprint density at radius 3 is 2.50 bits per heavy atom. The van der Waals surface area contributed by atoms with Gasteiger partial charge in [0.05, 0.1) is 11.8 Å². The fourth-order valence-electron chi connectivity index (χ4n) is 1.86. The standard InChI is InChI=1S/C14H14ClNO2/c1-8-6-11(15)4-5-12(8)16-14(17)13-9(2)7-18-10(13)3/h4-7H,1-3H3,(H,16,17). The molecular weight excluding hydrogens is 250 g/mol. The van der Waals surface area contributed by atoms with E-state index in [1.807, 2.05) is 19.9 Å². The lowest BCUT2D eigenvalue weighted by atomic mass is 10.1. The smallest absolute Gasteiger partial charge is 0.259 e. The molecule has 1 N–H and O–H groups in total. The predicted octanol–water partition coefficient (Wildman–Crippen LogP) is 4.11. The van der Waals surface area contributed by atoms with Crippen molar-refractivity contribution >= 4 is 23.2 Å². The van der Waals surface area contributed by atoms with Crippen LogP contribution in [0.25, 0.3) is 0 Å². The second-order valence-electron chi connectivity index (χ2n) is 4.26. The Bertz CT molecular complexity index is 582. The van der Waals surface area contributed by atoms with Gasteiger partial charge in [0.15, 0.2) is 0 Å². The molecule has 0 unspecified atom stereocenters. The van der Waals surface area contributed by atoms with Crippen LogP contribution in [-0.2, 0) is 0 Å². The summed E-state index contributed by atoms with van der Waals surface area (Å²) in [5, 5.41) is 3.52. The van der Waals surface area contributed by atoms with Gasteiger partial charge in [-0.05, 0) is 44.5 Å². The molecule has 3 nitrogen and oxygen atoms in total. The van der Waals surface area contributed by atoms with Crippen molar-refractivity contribution < 1.29 is 9.21 Å². The van der Waals surface area contributed by atoms with Crippen LogP contribution in [0.2, 0.25) is 5.02 Å². The number of furan rings is 1. The number of amides is 1. The number of rotatable bonds is 2. The van der Waals surface area contributed by atoms with Crippen molar-refractivity contribution in [3.05, 3.63) is 51.9 Å². The first-order valence-corrected chi connectivity index (χ1v) is 5.99. The number of halogens is 1. The average molecular weight is 264 g/mol. The maximum atomic E-state index is 12.1. The third-order valence-electron chi connectivity index (χ3n) is 2.82. The molecule has 0 saturated heterocycles. The van der Waals surface area contributed by atoms with E-state index in [4.69, 9.17) is 16.0 Å². The molecule has 0 saturated carbocycles. The number of carbonyl (C=O) groups excluding carboxylic acids is 1. The highest BCUT2D eigenvalue weighted by Crippen LogP contribution is 2.22. The third-order valence-corrected chi connectivity index (χ3v) is 3.06. The summed E-state index contributed by atoms with van der Waals surface area (Å²) in [5.41, 5.74) is 3.10. The van der Waals surface area contributed by atoms with Crippen molar-refractivity contribution in [2.45, 2.75) is 20.8 Å². The quantitative estimate of drug-likeness (QED) is 0.886. The van der Waals surface area contributed by atoms with Crippen LogP contribution < -0.4 is 5.32 Å². The molecule has 1 aromatic carbocycles. The highest BCUT2D eigenvalue weighted by Gasteiger charge is 2.16. The van der Waals surface area contributed by atoms with Crippen molar-refractivity contribution in [1.29, 1.82) is 0 Å². The zero-order valence-corrected chi connectivity index (χ0v) is 11.3. The van der Waals surface area contributed by atoms with Gasteiger partial charge in [0.25, 0.3) is 5.91 Å². The molecule has 0 aliphatic carbocycles. The number of hydrogen-bond acceptors (Lipinski definition) is 2. The largest absolute Gasteiger partial charge is 0.469 e. The molecule has 4 heteroatoms. The molecule has 1 amide bonds. The molecule has 2 aromatic rings. The van der Waals surface area contributed by atoms with Gasteiger partial charge in [-0.25, -0.2) is 0 Å². The molecule has 1 aromatic heterocycles. The van der Waals surface area contributed by atoms with Crippen LogP contribution in [0.1, 0.15) is 27.2 Å². The number of benzene rings is 1. The normalized spacial score (nSPS) is 10.4. The van der Waals surface area contributed by atoms with E-state index in [2.05, 4.69) is 5.32 Å². The molecule has 18 heavy (non-hydrogen) atoms. The summed E-state index contributed by atoms with van der Waals surface area (Å²) in [6.07, 6.45) is 1.58. The van der Waals surface area contributed by atoms with E-state index in [-0.39, 0.29) is 5.91 Å². The Labute approximate surface area is 111 Å². The van der Waals surface area contributed by atoms with Crippen molar-refractivity contribution in [3.8, 4) is 0 Å². The van der Waals surface area contributed by atoms with Gasteiger partial charge < -0.3 is 9.73 Å². The molecule has 94 valence electrons. The number of aryl methyl sites for hydroxylation is 3. The van der Waals surface area contributed by atoms with Gasteiger partial charge in [0.2, 0.25) is 0 Å². The van der Waals surface area contributed by atoms with Gasteiger partial charge in [0, 0.05) is 16.3 Å². The zero-order valence-electron chi connectivity index (χ0n) is 10.5. The number of anilines is 1. The van der Waals surface area contributed by atoms with Gasteiger partial charge in [-0.15, -0.1) is 0 Å². The summed E-state index contributed by atoms with van der Waals surface area (Å²) in [4.78, 5) is 12.1. The van der Waals surface area contributed by atoms with E-state index in [0.717, 1.165) is 16.8 Å². The van der Waals surface area contributed by atoms with E-state index in [0.29, 0.717) is 16.3 Å². The second kappa shape index (κ2) is 4.86. The van der Waals surface area contributed by atoms with Gasteiger partial charge in [-0.2, -0.15) is 0 Å². The highest BCUT2D eigenvalue weighted by atomic mass is 35.5. The number of carbonyl (C=O) groups is 1. The minimum Gasteiger partial charge on any atom is -0.469 e. The third kappa shape index (κ3) is 2.41. The first-order chi connectivity index (χ1) is 8.49. The maximum Gasteiger partial charge on any atom is 0.259 e. The Morgan fingerprint density at radius 1 is 1.22 bits per heavy atom. The summed E-state index contributed by atoms with van der Waals surface area (Å²) in [5.74, 6) is 0.459. The summed E-state index contributed by atoms with van der Waals surface area (Å²) < 4.78 is 5.22. The van der Waals surface area contributed by atoms with Crippen LogP contribution in [0.4, 0.5) is 5.69 Å². The summed E-state index contributed by atoms with van der Waals surface area (Å²) in [6, 6.07) is 5.35. The molecule has 1 heterocycles. The van der Waals surface area contributed by atoms with E-state index in [9.17, 15) is 4.79 Å². The molecule has 0 radical (unpaired) electrons. The Kier molecular flexibility index (Phi) is 3.43. The maximum absolute atomic E-state index is 12.1. The topological polar surface area (TPSA) is 42.2 Å². The van der Waals surface area contributed by atoms with Crippen LogP contribution >= 0.6 is 11.6 Å². The van der Waals surface area contributed by atoms with Crippen molar-refractivity contribution in [3.63, 3.8) is 0 Å². The summed E-state index contributed by atoms with van der Waals surface area (Å²) in [7, 11) is 0. The van der Waals surface area contributed by atoms with Crippen LogP contribution in [0, 0.1) is 20.8 Å². The minimum atomic E-state index is -0.163. The fraction of sp³-hybridized carbons (Fsp3) is 0.214. The average Bonchev–Trinajstić information content (AvgIpc) is 2.62. The van der Waals surface area contributed by atoms with Crippen LogP contribution in [0.15, 0.2) is 28.9 Å². The lowest BCUT2D eigenvalue weighted by Crippen LogP contribution is -2.14. The molecule has 2 rings (SSSR count). The molecule has 0 aliphatic rings. The van der Waals surface area contributed by atoms with Crippen molar-refractivity contribution in [2.75, 3.05) is 5.32 Å².